The number of piperidine rings is 1. The quantitative estimate of drug-likeness (QED) is 0.684. The van der Waals surface area contributed by atoms with E-state index in [-0.39, 0.29) is 18.3 Å². The first-order valence-electron chi connectivity index (χ1n) is 5.22. The first-order chi connectivity index (χ1) is 6.77. The zero-order chi connectivity index (χ0) is 9.97. The van der Waals surface area contributed by atoms with E-state index in [1.807, 2.05) is 0 Å². The maximum atomic E-state index is 13.4. The molecule has 0 aromatic carbocycles. The van der Waals surface area contributed by atoms with E-state index >= 15 is 0 Å². The van der Waals surface area contributed by atoms with Crippen LogP contribution in [0, 0.1) is 0 Å². The topological polar surface area (TPSA) is 12.0 Å². The number of alkyl halides is 1. The van der Waals surface area contributed by atoms with E-state index < -0.39 is 6.17 Å². The molecular weight excluding hydrogens is 184 g/mol. The van der Waals surface area contributed by atoms with Gasteiger partial charge in [0.15, 0.2) is 0 Å². The Bertz CT molecular complexity index is 264. The van der Waals surface area contributed by atoms with Gasteiger partial charge in [-0.15, -0.1) is 0 Å². The molecule has 0 amide bonds. The second-order valence-electron chi connectivity index (χ2n) is 3.93. The molecule has 0 saturated carbocycles. The minimum absolute atomic E-state index is 0.0264. The third kappa shape index (κ3) is 2.03. The average molecular weight is 199 g/mol. The molecule has 1 nitrogen and oxygen atoms in total. The highest BCUT2D eigenvalue weighted by Crippen LogP contribution is 2.27. The summed E-state index contributed by atoms with van der Waals surface area (Å²) in [6.07, 6.45) is 5.11. The molecule has 14 heavy (non-hydrogen) atoms. The number of allylic oxidation sites excluding steroid dienone is 2. The molecule has 1 N–H and O–H groups in total. The molecule has 1 aliphatic carbocycles. The summed E-state index contributed by atoms with van der Waals surface area (Å²) in [6, 6.07) is 0.0264. The lowest BCUT2D eigenvalue weighted by Crippen LogP contribution is -2.36. The maximum Gasteiger partial charge on any atom is 0.123 e. The summed E-state index contributed by atoms with van der Waals surface area (Å²) in [7, 11) is 0. The number of halogens is 2. The van der Waals surface area contributed by atoms with Crippen LogP contribution in [0.3, 0.4) is 0 Å². The molecule has 0 bridgehead atoms. The van der Waals surface area contributed by atoms with Crippen molar-refractivity contribution < 1.29 is 8.78 Å². The monoisotopic (exact) mass is 199 g/mol. The first kappa shape index (κ1) is 9.84. The highest BCUT2D eigenvalue weighted by Gasteiger charge is 2.23. The molecule has 0 aromatic rings. The molecule has 3 heteroatoms. The molecule has 2 rings (SSSR count). The minimum Gasteiger partial charge on any atom is -0.310 e. The summed E-state index contributed by atoms with van der Waals surface area (Å²) in [5, 5.41) is 3.22. The molecule has 1 heterocycles. The van der Waals surface area contributed by atoms with Crippen molar-refractivity contribution in [3.63, 3.8) is 0 Å². The van der Waals surface area contributed by atoms with Crippen LogP contribution in [-0.4, -0.2) is 18.8 Å². The Balaban J connectivity index is 2.10. The van der Waals surface area contributed by atoms with Crippen LogP contribution in [0.5, 0.6) is 0 Å². The van der Waals surface area contributed by atoms with E-state index in [0.29, 0.717) is 5.57 Å². The minimum atomic E-state index is -1.01. The van der Waals surface area contributed by atoms with Crippen LogP contribution in [0.25, 0.3) is 0 Å². The highest BCUT2D eigenvalue weighted by molar-refractivity contribution is 5.35. The second-order valence-corrected chi connectivity index (χ2v) is 3.93. The summed E-state index contributed by atoms with van der Waals surface area (Å²) >= 11 is 0. The third-order valence-electron chi connectivity index (χ3n) is 2.84. The van der Waals surface area contributed by atoms with Crippen molar-refractivity contribution in [2.75, 3.05) is 6.54 Å². The van der Waals surface area contributed by atoms with Gasteiger partial charge in [0.05, 0.1) is 0 Å². The molecule has 2 unspecified atom stereocenters. The van der Waals surface area contributed by atoms with Crippen molar-refractivity contribution in [2.24, 2.45) is 0 Å². The van der Waals surface area contributed by atoms with Gasteiger partial charge in [-0.3, -0.25) is 0 Å². The number of hydrogen-bond acceptors (Lipinski definition) is 1. The Hall–Kier alpha value is -0.700. The summed E-state index contributed by atoms with van der Waals surface area (Å²) in [5.41, 5.74) is 0.531. The predicted octanol–water partition coefficient (Wildman–Crippen LogP) is 2.65. The van der Waals surface area contributed by atoms with Crippen molar-refractivity contribution >= 4 is 0 Å². The second kappa shape index (κ2) is 4.22. The van der Waals surface area contributed by atoms with Crippen molar-refractivity contribution in [1.82, 2.24) is 5.32 Å². The Labute approximate surface area is 82.9 Å². The van der Waals surface area contributed by atoms with Crippen LogP contribution >= 0.6 is 0 Å². The largest absolute Gasteiger partial charge is 0.310 e. The Morgan fingerprint density at radius 3 is 2.93 bits per heavy atom. The van der Waals surface area contributed by atoms with E-state index in [4.69, 9.17) is 0 Å². The van der Waals surface area contributed by atoms with Gasteiger partial charge in [0.1, 0.15) is 12.0 Å². The van der Waals surface area contributed by atoms with E-state index in [2.05, 4.69) is 5.32 Å². The zero-order valence-electron chi connectivity index (χ0n) is 8.10. The Morgan fingerprint density at radius 1 is 1.36 bits per heavy atom. The van der Waals surface area contributed by atoms with Crippen LogP contribution in [0.2, 0.25) is 0 Å². The molecule has 0 aromatic heterocycles. The van der Waals surface area contributed by atoms with Gasteiger partial charge in [0.25, 0.3) is 0 Å². The molecule has 1 fully saturated rings. The smallest absolute Gasteiger partial charge is 0.123 e. The van der Waals surface area contributed by atoms with Crippen LogP contribution in [-0.2, 0) is 0 Å². The normalized spacial score (nSPS) is 33.6. The van der Waals surface area contributed by atoms with Crippen molar-refractivity contribution in [2.45, 2.75) is 37.9 Å². The number of rotatable bonds is 1. The molecule has 2 aliphatic rings. The number of hydrogen-bond donors (Lipinski definition) is 1. The van der Waals surface area contributed by atoms with Crippen LogP contribution in [0.15, 0.2) is 23.6 Å². The SMILES string of the molecule is FC1=CCC(F)C=C1C1CCCCN1. The van der Waals surface area contributed by atoms with Crippen LogP contribution < -0.4 is 5.32 Å². The van der Waals surface area contributed by atoms with Crippen molar-refractivity contribution in [3.05, 3.63) is 23.6 Å². The van der Waals surface area contributed by atoms with Gasteiger partial charge in [0, 0.05) is 18.0 Å². The van der Waals surface area contributed by atoms with E-state index in [0.717, 1.165) is 25.8 Å². The van der Waals surface area contributed by atoms with Crippen molar-refractivity contribution in [3.8, 4) is 0 Å². The van der Waals surface area contributed by atoms with Crippen molar-refractivity contribution in [1.29, 1.82) is 0 Å². The van der Waals surface area contributed by atoms with Gasteiger partial charge < -0.3 is 5.32 Å². The van der Waals surface area contributed by atoms with Crippen LogP contribution in [0.4, 0.5) is 8.78 Å². The lowest BCUT2D eigenvalue weighted by molar-refractivity contribution is 0.376. The first-order valence-corrected chi connectivity index (χ1v) is 5.22. The van der Waals surface area contributed by atoms with Gasteiger partial charge in [-0.25, -0.2) is 8.78 Å². The fraction of sp³-hybridized carbons (Fsp3) is 0.636. The lowest BCUT2D eigenvalue weighted by Gasteiger charge is -2.27. The maximum absolute atomic E-state index is 13.4. The Morgan fingerprint density at radius 2 is 2.21 bits per heavy atom. The number of nitrogens with one attached hydrogen (secondary N) is 1. The lowest BCUT2D eigenvalue weighted by atomic mass is 9.92. The molecule has 0 spiro atoms. The van der Waals surface area contributed by atoms with Gasteiger partial charge in [0.2, 0.25) is 0 Å². The summed E-state index contributed by atoms with van der Waals surface area (Å²) in [5.74, 6) is -0.238. The summed E-state index contributed by atoms with van der Waals surface area (Å²) < 4.78 is 26.4. The van der Waals surface area contributed by atoms with E-state index in [1.54, 1.807) is 0 Å². The average Bonchev–Trinajstić information content (AvgIpc) is 2.23. The molecule has 2 atom stereocenters. The molecule has 1 aliphatic heterocycles. The molecule has 78 valence electrons. The van der Waals surface area contributed by atoms with Gasteiger partial charge in [-0.2, -0.15) is 0 Å². The van der Waals surface area contributed by atoms with Gasteiger partial charge >= 0.3 is 0 Å². The molecule has 1 saturated heterocycles. The van der Waals surface area contributed by atoms with E-state index in [1.165, 1.54) is 12.2 Å². The molecule has 0 radical (unpaired) electrons. The standard InChI is InChI=1S/C11H15F2N/c12-8-4-5-10(13)9(7-8)11-3-1-2-6-14-11/h5,7-8,11,14H,1-4,6H2. The van der Waals surface area contributed by atoms with Gasteiger partial charge in [-0.1, -0.05) is 6.42 Å². The predicted molar refractivity (Wildman–Crippen MR) is 52.4 cm³/mol. The zero-order valence-corrected chi connectivity index (χ0v) is 8.10. The fourth-order valence-electron chi connectivity index (χ4n) is 2.08. The Kier molecular flexibility index (Phi) is 2.96. The third-order valence-corrected chi connectivity index (χ3v) is 2.84. The fourth-order valence-corrected chi connectivity index (χ4v) is 2.08. The highest BCUT2D eigenvalue weighted by atomic mass is 19.1. The van der Waals surface area contributed by atoms with E-state index in [9.17, 15) is 8.78 Å². The molecular formula is C11H15F2N. The summed E-state index contributed by atoms with van der Waals surface area (Å²) in [6.45, 7) is 0.909. The van der Waals surface area contributed by atoms with Gasteiger partial charge in [-0.05, 0) is 31.5 Å². The summed E-state index contributed by atoms with van der Waals surface area (Å²) in [4.78, 5) is 0. The van der Waals surface area contributed by atoms with Crippen LogP contribution in [0.1, 0.15) is 25.7 Å².